The first-order valence-corrected chi connectivity index (χ1v) is 9.98. The number of carbonyl (C=O) groups is 2. The monoisotopic (exact) mass is 425 g/mol. The molecule has 0 radical (unpaired) electrons. The van der Waals surface area contributed by atoms with Gasteiger partial charge in [-0.2, -0.15) is 0 Å². The van der Waals surface area contributed by atoms with E-state index in [4.69, 9.17) is 15.4 Å². The number of methoxy groups -OCH3 is 2. The van der Waals surface area contributed by atoms with Gasteiger partial charge in [-0.25, -0.2) is 0 Å². The van der Waals surface area contributed by atoms with Crippen LogP contribution in [0.15, 0.2) is 36.4 Å². The first-order chi connectivity index (χ1) is 12.5. The zero-order chi connectivity index (χ0) is 19.1. The Morgan fingerprint density at radius 1 is 0.962 bits per heavy atom. The van der Waals surface area contributed by atoms with Gasteiger partial charge >= 0.3 is 157 Å². The predicted molar refractivity (Wildman–Crippen MR) is 95.7 cm³/mol. The van der Waals surface area contributed by atoms with Gasteiger partial charge in [-0.15, -0.1) is 0 Å². The predicted octanol–water partition coefficient (Wildman–Crippen LogP) is 1.84. The third-order valence-corrected chi connectivity index (χ3v) is 5.88. The molecule has 0 bridgehead atoms. The van der Waals surface area contributed by atoms with Crippen LogP contribution in [0.5, 0.6) is 11.5 Å². The summed E-state index contributed by atoms with van der Waals surface area (Å²) in [6, 6.07) is 10.4. The second kappa shape index (κ2) is 9.24. The maximum absolute atomic E-state index is 11.7. The number of rotatable bonds is 8. The zero-order valence-corrected chi connectivity index (χ0v) is 16.1. The van der Waals surface area contributed by atoms with Gasteiger partial charge in [0.1, 0.15) is 0 Å². The van der Waals surface area contributed by atoms with E-state index in [1.54, 1.807) is 24.3 Å². The van der Waals surface area contributed by atoms with Gasteiger partial charge < -0.3 is 0 Å². The van der Waals surface area contributed by atoms with Gasteiger partial charge in [-0.05, 0) is 0 Å². The SMILES string of the molecule is COc1ccc(C[Se]Cc2ccc(OC)c(C(=O)ON)c2)cc1C(=O)O. The van der Waals surface area contributed by atoms with E-state index in [2.05, 4.69) is 4.84 Å². The number of nitrogens with two attached hydrogens (primary N) is 1. The van der Waals surface area contributed by atoms with Crippen molar-refractivity contribution in [1.29, 1.82) is 0 Å². The maximum atomic E-state index is 11.7. The summed E-state index contributed by atoms with van der Waals surface area (Å²) >= 11 is 0.169. The molecule has 8 heteroatoms. The zero-order valence-electron chi connectivity index (χ0n) is 14.4. The molecule has 2 aromatic carbocycles. The molecule has 0 spiro atoms. The Hall–Kier alpha value is -2.54. The van der Waals surface area contributed by atoms with Crippen molar-refractivity contribution in [2.45, 2.75) is 10.6 Å². The molecule has 0 aliphatic rings. The number of hydrogen-bond donors (Lipinski definition) is 2. The molecule has 0 fully saturated rings. The molecular formula is C18H19NO6Se. The topological polar surface area (TPSA) is 108 Å². The molecular weight excluding hydrogens is 405 g/mol. The van der Waals surface area contributed by atoms with Crippen LogP contribution in [-0.4, -0.2) is 46.2 Å². The number of hydrogen-bond acceptors (Lipinski definition) is 6. The van der Waals surface area contributed by atoms with Gasteiger partial charge in [0, 0.05) is 0 Å². The Morgan fingerprint density at radius 2 is 1.46 bits per heavy atom. The molecule has 0 saturated heterocycles. The molecule has 7 nitrogen and oxygen atoms in total. The second-order valence-electron chi connectivity index (χ2n) is 5.27. The summed E-state index contributed by atoms with van der Waals surface area (Å²) < 4.78 is 10.2. The third kappa shape index (κ3) is 4.76. The van der Waals surface area contributed by atoms with Gasteiger partial charge in [0.15, 0.2) is 0 Å². The Labute approximate surface area is 157 Å². The van der Waals surface area contributed by atoms with E-state index in [0.717, 1.165) is 21.8 Å². The second-order valence-corrected chi connectivity index (χ2v) is 7.34. The van der Waals surface area contributed by atoms with E-state index in [0.29, 0.717) is 11.5 Å². The summed E-state index contributed by atoms with van der Waals surface area (Å²) in [6.07, 6.45) is 0. The molecule has 0 unspecified atom stereocenters. The Bertz CT molecular complexity index is 808. The fourth-order valence-corrected chi connectivity index (χ4v) is 4.32. The standard InChI is InChI=1S/C18H19NO6Se/c1-23-15-5-3-11(7-13(15)17(20)21)9-26-10-12-4-6-16(24-2)14(8-12)18(22)25-19/h3-8H,9-10,19H2,1-2H3,(H,20,21). The number of ether oxygens (including phenoxy) is 2. The molecule has 3 N–H and O–H groups in total. The first kappa shape index (κ1) is 19.8. The van der Waals surface area contributed by atoms with Gasteiger partial charge in [0.05, 0.1) is 0 Å². The number of carbonyl (C=O) groups excluding carboxylic acids is 1. The molecule has 2 aromatic rings. The van der Waals surface area contributed by atoms with Crippen LogP contribution in [0.3, 0.4) is 0 Å². The molecule has 0 aliphatic carbocycles. The van der Waals surface area contributed by atoms with Crippen molar-refractivity contribution < 1.29 is 29.0 Å². The average molecular weight is 424 g/mol. The molecule has 2 rings (SSSR count). The van der Waals surface area contributed by atoms with E-state index in [9.17, 15) is 14.7 Å². The minimum absolute atomic E-state index is 0.151. The van der Waals surface area contributed by atoms with Crippen LogP contribution in [0.2, 0.25) is 0 Å². The molecule has 138 valence electrons. The number of carboxylic acid groups (broad SMARTS) is 1. The van der Waals surface area contributed by atoms with E-state index in [-0.39, 0.29) is 26.1 Å². The van der Waals surface area contributed by atoms with Crippen LogP contribution in [-0.2, 0) is 15.5 Å². The van der Waals surface area contributed by atoms with Crippen LogP contribution in [0, 0.1) is 0 Å². The summed E-state index contributed by atoms with van der Waals surface area (Å²) in [5.74, 6) is 4.03. The van der Waals surface area contributed by atoms with Crippen LogP contribution < -0.4 is 15.4 Å². The Morgan fingerprint density at radius 3 is 1.92 bits per heavy atom. The molecule has 0 amide bonds. The van der Waals surface area contributed by atoms with Gasteiger partial charge in [-0.3, -0.25) is 0 Å². The van der Waals surface area contributed by atoms with Crippen LogP contribution in [0.4, 0.5) is 0 Å². The fourth-order valence-electron chi connectivity index (χ4n) is 2.37. The average Bonchev–Trinajstić information content (AvgIpc) is 2.67. The van der Waals surface area contributed by atoms with Crippen molar-refractivity contribution in [3.63, 3.8) is 0 Å². The summed E-state index contributed by atoms with van der Waals surface area (Å²) in [6.45, 7) is 0. The van der Waals surface area contributed by atoms with Crippen molar-refractivity contribution in [3.05, 3.63) is 58.7 Å². The molecule has 0 heterocycles. The quantitative estimate of drug-likeness (QED) is 0.492. The van der Waals surface area contributed by atoms with Gasteiger partial charge in [-0.1, -0.05) is 0 Å². The van der Waals surface area contributed by atoms with E-state index >= 15 is 0 Å². The third-order valence-electron chi connectivity index (χ3n) is 3.62. The fraction of sp³-hybridized carbons (Fsp3) is 0.222. The molecule has 0 aliphatic heterocycles. The summed E-state index contributed by atoms with van der Waals surface area (Å²) in [7, 11) is 2.91. The molecule has 0 aromatic heterocycles. The summed E-state index contributed by atoms with van der Waals surface area (Å²) in [5, 5.41) is 10.7. The van der Waals surface area contributed by atoms with Gasteiger partial charge in [0.2, 0.25) is 0 Å². The van der Waals surface area contributed by atoms with Crippen LogP contribution >= 0.6 is 0 Å². The van der Waals surface area contributed by atoms with Gasteiger partial charge in [0.25, 0.3) is 0 Å². The van der Waals surface area contributed by atoms with Crippen LogP contribution in [0.1, 0.15) is 31.8 Å². The summed E-state index contributed by atoms with van der Waals surface area (Å²) in [5.41, 5.74) is 2.32. The molecule has 0 atom stereocenters. The number of benzene rings is 2. The molecule has 0 saturated carbocycles. The Kier molecular flexibility index (Phi) is 7.03. The van der Waals surface area contributed by atoms with E-state index in [1.807, 2.05) is 12.1 Å². The normalized spacial score (nSPS) is 10.3. The minimum atomic E-state index is -1.02. The Balaban J connectivity index is 2.07. The van der Waals surface area contributed by atoms with E-state index < -0.39 is 11.9 Å². The van der Waals surface area contributed by atoms with Crippen LogP contribution in [0.25, 0.3) is 0 Å². The van der Waals surface area contributed by atoms with E-state index in [1.165, 1.54) is 14.2 Å². The number of aromatic carboxylic acids is 1. The van der Waals surface area contributed by atoms with Crippen molar-refractivity contribution >= 4 is 26.9 Å². The first-order valence-electron chi connectivity index (χ1n) is 7.56. The van der Waals surface area contributed by atoms with Crippen molar-refractivity contribution in [2.75, 3.05) is 14.2 Å². The summed E-state index contributed by atoms with van der Waals surface area (Å²) in [4.78, 5) is 27.3. The molecule has 26 heavy (non-hydrogen) atoms. The van der Waals surface area contributed by atoms with Crippen molar-refractivity contribution in [2.24, 2.45) is 5.90 Å². The van der Waals surface area contributed by atoms with Crippen molar-refractivity contribution in [1.82, 2.24) is 0 Å². The number of carboxylic acids is 1. The van der Waals surface area contributed by atoms with Crippen molar-refractivity contribution in [3.8, 4) is 11.5 Å².